The Balaban J connectivity index is 4.63. The number of carboxylic acids is 1. The second-order valence-corrected chi connectivity index (χ2v) is 4.19. The number of hydrogen-bond donors (Lipinski definition) is 1. The number of aliphatic carboxylic acids is 1. The number of nitrogens with zero attached hydrogens (tertiary/aromatic N) is 2. The standard InChI is InChI=1S/C10H18N2O4/c1-7(13)11(4)6-8(14)12(5)10(2,3)9(15)16/h6H2,1-5H3,(H,15,16). The van der Waals surface area contributed by atoms with Gasteiger partial charge >= 0.3 is 5.97 Å². The van der Waals surface area contributed by atoms with Crippen LogP contribution in [-0.2, 0) is 14.4 Å². The molecule has 0 aromatic rings. The molecule has 0 atom stereocenters. The van der Waals surface area contributed by atoms with E-state index < -0.39 is 17.4 Å². The van der Waals surface area contributed by atoms with E-state index in [1.165, 1.54) is 39.8 Å². The van der Waals surface area contributed by atoms with Crippen LogP contribution >= 0.6 is 0 Å². The zero-order chi connectivity index (χ0) is 13.1. The third kappa shape index (κ3) is 3.22. The highest BCUT2D eigenvalue weighted by Gasteiger charge is 2.35. The maximum Gasteiger partial charge on any atom is 0.329 e. The van der Waals surface area contributed by atoms with Crippen LogP contribution in [0, 0.1) is 0 Å². The van der Waals surface area contributed by atoms with Crippen molar-refractivity contribution in [1.29, 1.82) is 0 Å². The number of carboxylic acid groups (broad SMARTS) is 1. The van der Waals surface area contributed by atoms with Gasteiger partial charge in [-0.05, 0) is 13.8 Å². The third-order valence-electron chi connectivity index (χ3n) is 2.65. The Morgan fingerprint density at radius 1 is 1.19 bits per heavy atom. The van der Waals surface area contributed by atoms with Crippen molar-refractivity contribution < 1.29 is 19.5 Å². The average Bonchev–Trinajstić information content (AvgIpc) is 2.15. The van der Waals surface area contributed by atoms with Crippen LogP contribution in [0.2, 0.25) is 0 Å². The number of likely N-dealkylation sites (N-methyl/N-ethyl adjacent to an activating group) is 2. The van der Waals surface area contributed by atoms with Crippen molar-refractivity contribution in [2.45, 2.75) is 26.3 Å². The first-order chi connectivity index (χ1) is 7.10. The van der Waals surface area contributed by atoms with Gasteiger partial charge in [0.1, 0.15) is 5.54 Å². The van der Waals surface area contributed by atoms with Crippen LogP contribution in [0.4, 0.5) is 0 Å². The van der Waals surface area contributed by atoms with Gasteiger partial charge in [-0.25, -0.2) is 4.79 Å². The Morgan fingerprint density at radius 2 is 1.62 bits per heavy atom. The van der Waals surface area contributed by atoms with E-state index in [0.717, 1.165) is 4.90 Å². The maximum absolute atomic E-state index is 11.7. The van der Waals surface area contributed by atoms with Crippen LogP contribution in [0.25, 0.3) is 0 Å². The van der Waals surface area contributed by atoms with Gasteiger partial charge in [0.05, 0.1) is 6.54 Å². The van der Waals surface area contributed by atoms with Crippen molar-refractivity contribution in [3.05, 3.63) is 0 Å². The number of rotatable bonds is 4. The normalized spacial score (nSPS) is 10.8. The van der Waals surface area contributed by atoms with E-state index in [1.54, 1.807) is 0 Å². The summed E-state index contributed by atoms with van der Waals surface area (Å²) < 4.78 is 0. The van der Waals surface area contributed by atoms with Gasteiger partial charge in [-0.15, -0.1) is 0 Å². The molecule has 92 valence electrons. The highest BCUT2D eigenvalue weighted by molar-refractivity contribution is 5.89. The fourth-order valence-electron chi connectivity index (χ4n) is 0.876. The molecule has 16 heavy (non-hydrogen) atoms. The Kier molecular flexibility index (Phi) is 4.47. The van der Waals surface area contributed by atoms with Crippen molar-refractivity contribution >= 4 is 17.8 Å². The molecule has 0 saturated carbocycles. The summed E-state index contributed by atoms with van der Waals surface area (Å²) in [5.74, 6) is -1.74. The fourth-order valence-corrected chi connectivity index (χ4v) is 0.876. The summed E-state index contributed by atoms with van der Waals surface area (Å²) in [4.78, 5) is 35.9. The van der Waals surface area contributed by atoms with E-state index >= 15 is 0 Å². The molecule has 0 aliphatic carbocycles. The van der Waals surface area contributed by atoms with Gasteiger partial charge in [-0.2, -0.15) is 0 Å². The second-order valence-electron chi connectivity index (χ2n) is 4.19. The number of carbonyl (C=O) groups excluding carboxylic acids is 2. The first-order valence-electron chi connectivity index (χ1n) is 4.82. The largest absolute Gasteiger partial charge is 0.480 e. The summed E-state index contributed by atoms with van der Waals surface area (Å²) in [6, 6.07) is 0. The molecule has 0 unspecified atom stereocenters. The molecule has 0 heterocycles. The minimum absolute atomic E-state index is 0.122. The topological polar surface area (TPSA) is 77.9 Å². The molecule has 6 heteroatoms. The van der Waals surface area contributed by atoms with Crippen LogP contribution in [0.15, 0.2) is 0 Å². The van der Waals surface area contributed by atoms with Gasteiger partial charge in [0.15, 0.2) is 0 Å². The van der Waals surface area contributed by atoms with Crippen LogP contribution < -0.4 is 0 Å². The predicted molar refractivity (Wildman–Crippen MR) is 57.8 cm³/mol. The van der Waals surface area contributed by atoms with E-state index in [-0.39, 0.29) is 12.5 Å². The van der Waals surface area contributed by atoms with Crippen molar-refractivity contribution in [2.24, 2.45) is 0 Å². The molecule has 0 bridgehead atoms. The number of amides is 2. The highest BCUT2D eigenvalue weighted by atomic mass is 16.4. The van der Waals surface area contributed by atoms with E-state index in [2.05, 4.69) is 0 Å². The zero-order valence-electron chi connectivity index (χ0n) is 10.3. The summed E-state index contributed by atoms with van der Waals surface area (Å²) in [7, 11) is 2.90. The van der Waals surface area contributed by atoms with Gasteiger partial charge in [-0.3, -0.25) is 9.59 Å². The Labute approximate surface area is 94.8 Å². The monoisotopic (exact) mass is 230 g/mol. The molecule has 0 aliphatic heterocycles. The molecule has 0 rings (SSSR count). The first kappa shape index (κ1) is 14.4. The first-order valence-corrected chi connectivity index (χ1v) is 4.82. The van der Waals surface area contributed by atoms with E-state index in [4.69, 9.17) is 5.11 Å². The average molecular weight is 230 g/mol. The molecule has 0 saturated heterocycles. The second kappa shape index (κ2) is 4.96. The smallest absolute Gasteiger partial charge is 0.329 e. The maximum atomic E-state index is 11.7. The minimum Gasteiger partial charge on any atom is -0.480 e. The van der Waals surface area contributed by atoms with Crippen LogP contribution in [-0.4, -0.2) is 58.9 Å². The van der Waals surface area contributed by atoms with Crippen LogP contribution in [0.1, 0.15) is 20.8 Å². The van der Waals surface area contributed by atoms with E-state index in [9.17, 15) is 14.4 Å². The summed E-state index contributed by atoms with van der Waals surface area (Å²) in [5, 5.41) is 8.93. The van der Waals surface area contributed by atoms with Gasteiger partial charge in [0.2, 0.25) is 11.8 Å². The molecule has 0 spiro atoms. The minimum atomic E-state index is -1.28. The lowest BCUT2D eigenvalue weighted by Gasteiger charge is -2.32. The lowest BCUT2D eigenvalue weighted by atomic mass is 10.0. The van der Waals surface area contributed by atoms with Gasteiger partial charge in [-0.1, -0.05) is 0 Å². The van der Waals surface area contributed by atoms with Crippen molar-refractivity contribution in [3.63, 3.8) is 0 Å². The van der Waals surface area contributed by atoms with E-state index in [0.29, 0.717) is 0 Å². The van der Waals surface area contributed by atoms with Crippen molar-refractivity contribution in [2.75, 3.05) is 20.6 Å². The Bertz CT molecular complexity index is 312. The highest BCUT2D eigenvalue weighted by Crippen LogP contribution is 2.12. The fraction of sp³-hybridized carbons (Fsp3) is 0.700. The molecule has 2 amide bonds. The molecule has 1 N–H and O–H groups in total. The lowest BCUT2D eigenvalue weighted by molar-refractivity contribution is -0.156. The summed E-state index contributed by atoms with van der Waals surface area (Å²) >= 11 is 0. The summed E-state index contributed by atoms with van der Waals surface area (Å²) in [6.07, 6.45) is 0. The molecule has 0 radical (unpaired) electrons. The van der Waals surface area contributed by atoms with Crippen molar-refractivity contribution in [3.8, 4) is 0 Å². The molecule has 0 fully saturated rings. The quantitative estimate of drug-likeness (QED) is 0.724. The number of carbonyl (C=O) groups is 3. The SMILES string of the molecule is CC(=O)N(C)CC(=O)N(C)C(C)(C)C(=O)O. The Morgan fingerprint density at radius 3 is 1.94 bits per heavy atom. The van der Waals surface area contributed by atoms with Gasteiger partial charge in [0.25, 0.3) is 0 Å². The predicted octanol–water partition coefficient (Wildman–Crippen LogP) is -0.214. The molecular weight excluding hydrogens is 212 g/mol. The van der Waals surface area contributed by atoms with Gasteiger partial charge < -0.3 is 14.9 Å². The molecule has 0 aromatic carbocycles. The lowest BCUT2D eigenvalue weighted by Crippen LogP contribution is -2.53. The summed E-state index contributed by atoms with van der Waals surface area (Å²) in [6.45, 7) is 4.08. The molecule has 0 aliphatic rings. The molecule has 0 aromatic heterocycles. The zero-order valence-corrected chi connectivity index (χ0v) is 10.3. The van der Waals surface area contributed by atoms with Crippen molar-refractivity contribution in [1.82, 2.24) is 9.80 Å². The van der Waals surface area contributed by atoms with Gasteiger partial charge in [0, 0.05) is 21.0 Å². The number of hydrogen-bond acceptors (Lipinski definition) is 3. The van der Waals surface area contributed by atoms with E-state index in [1.807, 2.05) is 0 Å². The molecule has 6 nitrogen and oxygen atoms in total. The molecular formula is C10H18N2O4. The summed E-state index contributed by atoms with van der Waals surface area (Å²) in [5.41, 5.74) is -1.28. The Hall–Kier alpha value is -1.59. The van der Waals surface area contributed by atoms with Crippen LogP contribution in [0.3, 0.4) is 0 Å². The third-order valence-corrected chi connectivity index (χ3v) is 2.65. The van der Waals surface area contributed by atoms with Crippen LogP contribution in [0.5, 0.6) is 0 Å².